The maximum Gasteiger partial charge on any atom is 0.127 e. The van der Waals surface area contributed by atoms with Gasteiger partial charge >= 0.3 is 0 Å². The maximum absolute atomic E-state index is 9.39. The Bertz CT molecular complexity index is 424. The van der Waals surface area contributed by atoms with Crippen molar-refractivity contribution in [1.29, 1.82) is 5.26 Å². The van der Waals surface area contributed by atoms with E-state index in [-0.39, 0.29) is 5.54 Å². The van der Waals surface area contributed by atoms with Crippen molar-refractivity contribution < 1.29 is 0 Å². The minimum absolute atomic E-state index is 0.374. The number of benzene rings is 1. The first kappa shape index (κ1) is 11.5. The molecule has 2 rings (SSSR count). The van der Waals surface area contributed by atoms with Crippen molar-refractivity contribution in [2.75, 3.05) is 5.32 Å². The molecule has 0 heterocycles. The summed E-state index contributed by atoms with van der Waals surface area (Å²) in [6, 6.07) is 10.5. The number of halogens is 1. The van der Waals surface area contributed by atoms with Gasteiger partial charge in [-0.1, -0.05) is 28.9 Å². The molecular weight excluding hydrogens is 264 g/mol. The van der Waals surface area contributed by atoms with Gasteiger partial charge in [0.1, 0.15) is 5.54 Å². The summed E-state index contributed by atoms with van der Waals surface area (Å²) in [6.45, 7) is 2.15. The third-order valence-corrected chi connectivity index (χ3v) is 3.93. The average Bonchev–Trinajstić information content (AvgIpc) is 2.61. The van der Waals surface area contributed by atoms with Crippen LogP contribution in [0.2, 0.25) is 0 Å². The SMILES string of the molecule is CC1CCCC1(C#N)Nc1cccc(Br)c1. The molecule has 1 fully saturated rings. The maximum atomic E-state index is 9.39. The normalized spacial score (nSPS) is 28.7. The highest BCUT2D eigenvalue weighted by molar-refractivity contribution is 9.10. The summed E-state index contributed by atoms with van der Waals surface area (Å²) in [5, 5.41) is 12.8. The second-order valence-corrected chi connectivity index (χ2v) is 5.43. The smallest absolute Gasteiger partial charge is 0.127 e. The Kier molecular flexibility index (Phi) is 3.20. The van der Waals surface area contributed by atoms with Crippen molar-refractivity contribution in [3.8, 4) is 6.07 Å². The molecule has 1 aromatic rings. The van der Waals surface area contributed by atoms with Crippen LogP contribution in [0.3, 0.4) is 0 Å². The molecule has 0 spiro atoms. The summed E-state index contributed by atoms with van der Waals surface area (Å²) in [7, 11) is 0. The summed E-state index contributed by atoms with van der Waals surface area (Å²) in [5.74, 6) is 0.413. The zero-order valence-corrected chi connectivity index (χ0v) is 10.9. The molecule has 0 radical (unpaired) electrons. The van der Waals surface area contributed by atoms with Gasteiger partial charge < -0.3 is 5.32 Å². The summed E-state index contributed by atoms with van der Waals surface area (Å²) >= 11 is 3.44. The van der Waals surface area contributed by atoms with E-state index >= 15 is 0 Å². The molecule has 16 heavy (non-hydrogen) atoms. The van der Waals surface area contributed by atoms with E-state index in [0.717, 1.165) is 29.4 Å². The van der Waals surface area contributed by atoms with Crippen molar-refractivity contribution in [3.05, 3.63) is 28.7 Å². The Balaban J connectivity index is 2.23. The Labute approximate surface area is 105 Å². The Morgan fingerprint density at radius 2 is 2.38 bits per heavy atom. The van der Waals surface area contributed by atoms with Gasteiger partial charge in [-0.05, 0) is 43.4 Å². The van der Waals surface area contributed by atoms with Gasteiger partial charge in [0.2, 0.25) is 0 Å². The third kappa shape index (κ3) is 2.08. The highest BCUT2D eigenvalue weighted by atomic mass is 79.9. The lowest BCUT2D eigenvalue weighted by Crippen LogP contribution is -2.39. The lowest BCUT2D eigenvalue weighted by molar-refractivity contribution is 0.464. The fourth-order valence-electron chi connectivity index (χ4n) is 2.38. The molecule has 2 unspecified atom stereocenters. The molecule has 0 bridgehead atoms. The number of nitrogens with zero attached hydrogens (tertiary/aromatic N) is 1. The van der Waals surface area contributed by atoms with E-state index in [9.17, 15) is 5.26 Å². The van der Waals surface area contributed by atoms with Gasteiger partial charge in [-0.15, -0.1) is 0 Å². The van der Waals surface area contributed by atoms with Gasteiger partial charge in [-0.2, -0.15) is 5.26 Å². The molecule has 1 aromatic carbocycles. The number of anilines is 1. The largest absolute Gasteiger partial charge is 0.367 e. The van der Waals surface area contributed by atoms with Crippen LogP contribution in [0, 0.1) is 17.2 Å². The van der Waals surface area contributed by atoms with Gasteiger partial charge in [0.15, 0.2) is 0 Å². The van der Waals surface area contributed by atoms with E-state index in [2.05, 4.69) is 34.2 Å². The summed E-state index contributed by atoms with van der Waals surface area (Å²) in [5.41, 5.74) is 0.644. The second kappa shape index (κ2) is 4.47. The Hall–Kier alpha value is -1.01. The molecular formula is C13H15BrN2. The number of hydrogen-bond acceptors (Lipinski definition) is 2. The van der Waals surface area contributed by atoms with Crippen molar-refractivity contribution in [2.45, 2.75) is 31.7 Å². The molecule has 1 N–H and O–H groups in total. The molecule has 1 aliphatic rings. The molecule has 1 aliphatic carbocycles. The molecule has 1 saturated carbocycles. The molecule has 3 heteroatoms. The van der Waals surface area contributed by atoms with E-state index in [1.165, 1.54) is 0 Å². The summed E-state index contributed by atoms with van der Waals surface area (Å²) < 4.78 is 1.04. The van der Waals surface area contributed by atoms with E-state index in [0.29, 0.717) is 5.92 Å². The fourth-order valence-corrected chi connectivity index (χ4v) is 2.78. The van der Waals surface area contributed by atoms with E-state index in [1.54, 1.807) is 0 Å². The number of nitrogens with one attached hydrogen (secondary N) is 1. The molecule has 2 atom stereocenters. The fraction of sp³-hybridized carbons (Fsp3) is 0.462. The van der Waals surface area contributed by atoms with Crippen molar-refractivity contribution >= 4 is 21.6 Å². The molecule has 0 aromatic heterocycles. The monoisotopic (exact) mass is 278 g/mol. The van der Waals surface area contributed by atoms with Crippen LogP contribution in [0.1, 0.15) is 26.2 Å². The number of hydrogen-bond donors (Lipinski definition) is 1. The lowest BCUT2D eigenvalue weighted by Gasteiger charge is -2.28. The average molecular weight is 279 g/mol. The molecule has 0 saturated heterocycles. The van der Waals surface area contributed by atoms with Crippen molar-refractivity contribution in [3.63, 3.8) is 0 Å². The first-order chi connectivity index (χ1) is 7.66. The van der Waals surface area contributed by atoms with Crippen molar-refractivity contribution in [1.82, 2.24) is 0 Å². The first-order valence-corrected chi connectivity index (χ1v) is 6.40. The zero-order chi connectivity index (χ0) is 11.6. The quantitative estimate of drug-likeness (QED) is 0.889. The standard InChI is InChI=1S/C13H15BrN2/c1-10-4-3-7-13(10,9-15)16-12-6-2-5-11(14)8-12/h2,5-6,8,10,16H,3-4,7H2,1H3. The topological polar surface area (TPSA) is 35.8 Å². The van der Waals surface area contributed by atoms with E-state index in [4.69, 9.17) is 0 Å². The first-order valence-electron chi connectivity index (χ1n) is 5.61. The van der Waals surface area contributed by atoms with Gasteiger partial charge in [-0.3, -0.25) is 0 Å². The van der Waals surface area contributed by atoms with Gasteiger partial charge in [0, 0.05) is 10.2 Å². The summed E-state index contributed by atoms with van der Waals surface area (Å²) in [4.78, 5) is 0. The number of rotatable bonds is 2. The van der Waals surface area contributed by atoms with Crippen LogP contribution in [0.25, 0.3) is 0 Å². The summed E-state index contributed by atoms with van der Waals surface area (Å²) in [6.07, 6.45) is 3.21. The van der Waals surface area contributed by atoms with Crippen LogP contribution in [-0.4, -0.2) is 5.54 Å². The van der Waals surface area contributed by atoms with Crippen LogP contribution < -0.4 is 5.32 Å². The highest BCUT2D eigenvalue weighted by Gasteiger charge is 2.40. The van der Waals surface area contributed by atoms with E-state index < -0.39 is 0 Å². The minimum Gasteiger partial charge on any atom is -0.367 e. The highest BCUT2D eigenvalue weighted by Crippen LogP contribution is 2.37. The predicted octanol–water partition coefficient (Wildman–Crippen LogP) is 3.94. The van der Waals surface area contributed by atoms with Crippen LogP contribution in [0.4, 0.5) is 5.69 Å². The Morgan fingerprint density at radius 3 is 2.94 bits per heavy atom. The van der Waals surface area contributed by atoms with Crippen LogP contribution >= 0.6 is 15.9 Å². The lowest BCUT2D eigenvalue weighted by atomic mass is 9.89. The second-order valence-electron chi connectivity index (χ2n) is 4.51. The van der Waals surface area contributed by atoms with Gasteiger partial charge in [0.05, 0.1) is 6.07 Å². The molecule has 2 nitrogen and oxygen atoms in total. The predicted molar refractivity (Wildman–Crippen MR) is 69.1 cm³/mol. The van der Waals surface area contributed by atoms with Gasteiger partial charge in [-0.25, -0.2) is 0 Å². The minimum atomic E-state index is -0.374. The zero-order valence-electron chi connectivity index (χ0n) is 9.33. The molecule has 0 amide bonds. The molecule has 84 valence electrons. The van der Waals surface area contributed by atoms with Crippen molar-refractivity contribution in [2.24, 2.45) is 5.92 Å². The van der Waals surface area contributed by atoms with E-state index in [1.807, 2.05) is 24.3 Å². The molecule has 0 aliphatic heterocycles. The van der Waals surface area contributed by atoms with Crippen LogP contribution in [-0.2, 0) is 0 Å². The van der Waals surface area contributed by atoms with Crippen LogP contribution in [0.15, 0.2) is 28.7 Å². The third-order valence-electron chi connectivity index (χ3n) is 3.44. The number of nitriles is 1. The Morgan fingerprint density at radius 1 is 1.56 bits per heavy atom. The van der Waals surface area contributed by atoms with Gasteiger partial charge in [0.25, 0.3) is 0 Å². The van der Waals surface area contributed by atoms with Crippen LogP contribution in [0.5, 0.6) is 0 Å².